The van der Waals surface area contributed by atoms with Crippen LogP contribution in [0.5, 0.6) is 0 Å². The average molecular weight is 323 g/mol. The van der Waals surface area contributed by atoms with E-state index in [9.17, 15) is 14.4 Å². The van der Waals surface area contributed by atoms with Crippen molar-refractivity contribution in [1.82, 2.24) is 14.7 Å². The van der Waals surface area contributed by atoms with Crippen LogP contribution in [-0.4, -0.2) is 57.3 Å². The molecule has 0 aromatic carbocycles. The molecule has 1 N–H and O–H groups in total. The predicted octanol–water partition coefficient (Wildman–Crippen LogP) is 0.944. The van der Waals surface area contributed by atoms with Crippen LogP contribution in [0.1, 0.15) is 43.2 Å². The molecule has 1 atom stereocenters. The number of amides is 1. The van der Waals surface area contributed by atoms with Crippen molar-refractivity contribution in [1.29, 1.82) is 0 Å². The van der Waals surface area contributed by atoms with Crippen LogP contribution in [0.2, 0.25) is 0 Å². The van der Waals surface area contributed by atoms with Crippen LogP contribution in [0.3, 0.4) is 0 Å². The summed E-state index contributed by atoms with van der Waals surface area (Å²) in [7, 11) is 0. The number of likely N-dealkylation sites (tertiary alicyclic amines) is 1. The van der Waals surface area contributed by atoms with Gasteiger partial charge in [0.1, 0.15) is 11.7 Å². The third kappa shape index (κ3) is 3.88. The highest BCUT2D eigenvalue weighted by Crippen LogP contribution is 2.20. The molecule has 8 nitrogen and oxygen atoms in total. The summed E-state index contributed by atoms with van der Waals surface area (Å²) in [5.41, 5.74) is 0.215. The van der Waals surface area contributed by atoms with Gasteiger partial charge in [-0.1, -0.05) is 0 Å². The van der Waals surface area contributed by atoms with E-state index in [4.69, 9.17) is 9.84 Å². The molecule has 1 aromatic rings. The lowest BCUT2D eigenvalue weighted by molar-refractivity contribution is -0.149. The molecule has 0 bridgehead atoms. The van der Waals surface area contributed by atoms with E-state index >= 15 is 0 Å². The molecule has 1 aliphatic heterocycles. The first-order valence-electron chi connectivity index (χ1n) is 7.68. The fraction of sp³-hybridized carbons (Fsp3) is 0.600. The van der Waals surface area contributed by atoms with Crippen LogP contribution in [0.15, 0.2) is 12.3 Å². The van der Waals surface area contributed by atoms with E-state index in [-0.39, 0.29) is 23.5 Å². The van der Waals surface area contributed by atoms with Crippen LogP contribution in [0, 0.1) is 5.92 Å². The molecule has 2 rings (SSSR count). The molecule has 23 heavy (non-hydrogen) atoms. The summed E-state index contributed by atoms with van der Waals surface area (Å²) in [6.45, 7) is 4.55. The van der Waals surface area contributed by atoms with Crippen LogP contribution in [-0.2, 0) is 14.3 Å². The molecule has 1 fully saturated rings. The second-order valence-corrected chi connectivity index (χ2v) is 5.51. The number of carbonyl (C=O) groups is 3. The monoisotopic (exact) mass is 323 g/mol. The lowest BCUT2D eigenvalue weighted by atomic mass is 9.97. The summed E-state index contributed by atoms with van der Waals surface area (Å²) < 4.78 is 6.25. The molecule has 1 amide bonds. The topological polar surface area (TPSA) is 102 Å². The first-order valence-corrected chi connectivity index (χ1v) is 7.68. The number of esters is 1. The zero-order valence-corrected chi connectivity index (χ0v) is 13.3. The molecule has 8 heteroatoms. The summed E-state index contributed by atoms with van der Waals surface area (Å²) in [6.07, 6.45) is 2.62. The van der Waals surface area contributed by atoms with Crippen LogP contribution >= 0.6 is 0 Å². The number of nitrogens with zero attached hydrogens (tertiary/aromatic N) is 3. The largest absolute Gasteiger partial charge is 0.480 e. The van der Waals surface area contributed by atoms with E-state index in [1.165, 1.54) is 23.9 Å². The smallest absolute Gasteiger partial charge is 0.328 e. The second kappa shape index (κ2) is 7.26. The molecular formula is C15H21N3O5. The lowest BCUT2D eigenvalue weighted by Crippen LogP contribution is -2.40. The van der Waals surface area contributed by atoms with E-state index in [1.807, 2.05) is 0 Å². The van der Waals surface area contributed by atoms with Gasteiger partial charge in [-0.3, -0.25) is 14.3 Å². The maximum atomic E-state index is 12.4. The Kier molecular flexibility index (Phi) is 5.36. The minimum absolute atomic E-state index is 0.163. The lowest BCUT2D eigenvalue weighted by Gasteiger charge is -2.30. The number of aliphatic carboxylic acids is 1. The fourth-order valence-corrected chi connectivity index (χ4v) is 2.52. The first kappa shape index (κ1) is 17.0. The van der Waals surface area contributed by atoms with Crippen LogP contribution in [0.4, 0.5) is 0 Å². The minimum Gasteiger partial charge on any atom is -0.480 e. The Labute approximate surface area is 134 Å². The van der Waals surface area contributed by atoms with Gasteiger partial charge >= 0.3 is 11.9 Å². The predicted molar refractivity (Wildman–Crippen MR) is 79.8 cm³/mol. The first-order chi connectivity index (χ1) is 10.9. The molecule has 0 saturated carbocycles. The molecule has 1 aliphatic rings. The van der Waals surface area contributed by atoms with E-state index in [2.05, 4.69) is 5.10 Å². The molecule has 0 aliphatic carbocycles. The molecule has 0 spiro atoms. The van der Waals surface area contributed by atoms with E-state index in [0.29, 0.717) is 32.5 Å². The molecule has 1 saturated heterocycles. The zero-order valence-electron chi connectivity index (χ0n) is 13.3. The van der Waals surface area contributed by atoms with Crippen molar-refractivity contribution in [3.63, 3.8) is 0 Å². The number of carboxylic acids is 1. The Morgan fingerprint density at radius 1 is 1.39 bits per heavy atom. The van der Waals surface area contributed by atoms with Gasteiger partial charge < -0.3 is 14.7 Å². The number of rotatable bonds is 5. The van der Waals surface area contributed by atoms with Gasteiger partial charge in [-0.15, -0.1) is 0 Å². The highest BCUT2D eigenvalue weighted by atomic mass is 16.5. The van der Waals surface area contributed by atoms with Crippen LogP contribution < -0.4 is 0 Å². The Hall–Kier alpha value is -2.38. The molecule has 1 aromatic heterocycles. The Balaban J connectivity index is 1.95. The number of ether oxygens (including phenoxy) is 1. The maximum Gasteiger partial charge on any atom is 0.328 e. The summed E-state index contributed by atoms with van der Waals surface area (Å²) >= 11 is 0. The Morgan fingerprint density at radius 2 is 2.04 bits per heavy atom. The van der Waals surface area contributed by atoms with Gasteiger partial charge in [0.05, 0.1) is 12.5 Å². The molecular weight excluding hydrogens is 302 g/mol. The van der Waals surface area contributed by atoms with Crippen LogP contribution in [0.25, 0.3) is 0 Å². The van der Waals surface area contributed by atoms with Crippen molar-refractivity contribution in [2.75, 3.05) is 19.7 Å². The standard InChI is InChI=1S/C15H21N3O5/c1-3-23-15(22)11-4-7-17(8-5-11)13(19)12-6-9-18(16-12)10(2)14(20)21/h6,9-11H,3-5,7-8H2,1-2H3,(H,20,21). The van der Waals surface area contributed by atoms with Gasteiger partial charge in [-0.05, 0) is 32.8 Å². The summed E-state index contributed by atoms with van der Waals surface area (Å²) in [6, 6.07) is 0.685. The zero-order chi connectivity index (χ0) is 17.0. The van der Waals surface area contributed by atoms with E-state index in [1.54, 1.807) is 11.8 Å². The number of carboxylic acid groups (broad SMARTS) is 1. The van der Waals surface area contributed by atoms with Crippen molar-refractivity contribution in [3.8, 4) is 0 Å². The quantitative estimate of drug-likeness (QED) is 0.809. The van der Waals surface area contributed by atoms with E-state index < -0.39 is 12.0 Å². The Morgan fingerprint density at radius 3 is 2.61 bits per heavy atom. The van der Waals surface area contributed by atoms with Crippen molar-refractivity contribution in [2.45, 2.75) is 32.7 Å². The number of carbonyl (C=O) groups excluding carboxylic acids is 2. The third-order valence-corrected chi connectivity index (χ3v) is 3.98. The average Bonchev–Trinajstić information content (AvgIpc) is 3.03. The van der Waals surface area contributed by atoms with Gasteiger partial charge in [0.2, 0.25) is 0 Å². The van der Waals surface area contributed by atoms with Gasteiger partial charge in [-0.2, -0.15) is 5.10 Å². The molecule has 2 heterocycles. The second-order valence-electron chi connectivity index (χ2n) is 5.51. The molecule has 1 unspecified atom stereocenters. The maximum absolute atomic E-state index is 12.4. The fourth-order valence-electron chi connectivity index (χ4n) is 2.52. The number of piperidine rings is 1. The van der Waals surface area contributed by atoms with Gasteiger partial charge in [0.25, 0.3) is 5.91 Å². The van der Waals surface area contributed by atoms with Crippen molar-refractivity contribution >= 4 is 17.8 Å². The SMILES string of the molecule is CCOC(=O)C1CCN(C(=O)c2ccn(C(C)C(=O)O)n2)CC1. The summed E-state index contributed by atoms with van der Waals surface area (Å²) in [5, 5.41) is 13.0. The minimum atomic E-state index is -1.01. The number of aromatic nitrogens is 2. The number of hydrogen-bond donors (Lipinski definition) is 1. The molecule has 126 valence electrons. The summed E-state index contributed by atoms with van der Waals surface area (Å²) in [5.74, 6) is -1.63. The summed E-state index contributed by atoms with van der Waals surface area (Å²) in [4.78, 5) is 36.7. The van der Waals surface area contributed by atoms with Crippen molar-refractivity contribution < 1.29 is 24.2 Å². The Bertz CT molecular complexity index is 590. The van der Waals surface area contributed by atoms with Crippen molar-refractivity contribution in [2.24, 2.45) is 5.92 Å². The van der Waals surface area contributed by atoms with Gasteiger partial charge in [0, 0.05) is 19.3 Å². The highest BCUT2D eigenvalue weighted by molar-refractivity contribution is 5.92. The van der Waals surface area contributed by atoms with E-state index in [0.717, 1.165) is 0 Å². The molecule has 0 radical (unpaired) electrons. The number of hydrogen-bond acceptors (Lipinski definition) is 5. The van der Waals surface area contributed by atoms with Gasteiger partial charge in [-0.25, -0.2) is 4.79 Å². The normalized spacial score (nSPS) is 16.9. The van der Waals surface area contributed by atoms with Crippen molar-refractivity contribution in [3.05, 3.63) is 18.0 Å². The van der Waals surface area contributed by atoms with Gasteiger partial charge in [0.15, 0.2) is 0 Å². The third-order valence-electron chi connectivity index (χ3n) is 3.98. The highest BCUT2D eigenvalue weighted by Gasteiger charge is 2.29.